The van der Waals surface area contributed by atoms with Crippen LogP contribution in [0.1, 0.15) is 33.6 Å². The van der Waals surface area contributed by atoms with Crippen LogP contribution in [0.15, 0.2) is 11.6 Å². The van der Waals surface area contributed by atoms with Gasteiger partial charge in [-0.3, -0.25) is 0 Å². The van der Waals surface area contributed by atoms with Gasteiger partial charge in [0.25, 0.3) is 0 Å². The summed E-state index contributed by atoms with van der Waals surface area (Å²) in [5, 5.41) is 49.4. The van der Waals surface area contributed by atoms with Gasteiger partial charge in [-0.1, -0.05) is 25.5 Å². The first-order valence-electron chi connectivity index (χ1n) is 8.06. The van der Waals surface area contributed by atoms with E-state index in [4.69, 9.17) is 9.47 Å². The van der Waals surface area contributed by atoms with Crippen LogP contribution in [0.4, 0.5) is 0 Å². The minimum atomic E-state index is -1.49. The third kappa shape index (κ3) is 3.93. The van der Waals surface area contributed by atoms with Crippen molar-refractivity contribution in [3.63, 3.8) is 0 Å². The lowest BCUT2D eigenvalue weighted by atomic mass is 9.81. The lowest BCUT2D eigenvalue weighted by Gasteiger charge is -2.44. The number of rotatable bonds is 4. The quantitative estimate of drug-likeness (QED) is 0.432. The van der Waals surface area contributed by atoms with Crippen molar-refractivity contribution in [3.8, 4) is 0 Å². The fourth-order valence-corrected chi connectivity index (χ4v) is 2.99. The highest BCUT2D eigenvalue weighted by molar-refractivity contribution is 5.17. The Morgan fingerprint density at radius 1 is 1.26 bits per heavy atom. The van der Waals surface area contributed by atoms with Gasteiger partial charge in [0.15, 0.2) is 6.29 Å². The predicted molar refractivity (Wildman–Crippen MR) is 81.4 cm³/mol. The summed E-state index contributed by atoms with van der Waals surface area (Å²) in [4.78, 5) is 0. The average Bonchev–Trinajstić information content (AvgIpc) is 2.49. The zero-order valence-electron chi connectivity index (χ0n) is 13.8. The minimum Gasteiger partial charge on any atom is -0.394 e. The minimum absolute atomic E-state index is 0.312. The molecular weight excluding hydrogens is 304 g/mol. The van der Waals surface area contributed by atoms with E-state index in [9.17, 15) is 25.5 Å². The van der Waals surface area contributed by atoms with Crippen LogP contribution < -0.4 is 0 Å². The molecule has 0 aromatic carbocycles. The molecule has 0 unspecified atom stereocenters. The number of aliphatic hydroxyl groups is 5. The van der Waals surface area contributed by atoms with Gasteiger partial charge < -0.3 is 35.0 Å². The summed E-state index contributed by atoms with van der Waals surface area (Å²) in [6.45, 7) is 5.24. The van der Waals surface area contributed by atoms with Crippen LogP contribution >= 0.6 is 0 Å². The maximum Gasteiger partial charge on any atom is 0.187 e. The molecule has 0 aromatic rings. The Morgan fingerprint density at radius 2 is 1.91 bits per heavy atom. The molecule has 1 fully saturated rings. The molecule has 1 aliphatic carbocycles. The first kappa shape index (κ1) is 18.8. The number of aliphatic hydroxyl groups excluding tert-OH is 4. The van der Waals surface area contributed by atoms with Crippen molar-refractivity contribution in [2.45, 2.75) is 76.0 Å². The second-order valence-electron chi connectivity index (χ2n) is 7.01. The third-order valence-corrected chi connectivity index (χ3v) is 4.77. The normalized spacial score (nSPS) is 45.2. The van der Waals surface area contributed by atoms with E-state index in [0.717, 1.165) is 12.0 Å². The summed E-state index contributed by atoms with van der Waals surface area (Å²) >= 11 is 0. The number of hydrogen-bond donors (Lipinski definition) is 5. The van der Waals surface area contributed by atoms with Gasteiger partial charge in [-0.05, 0) is 25.7 Å². The molecule has 1 heterocycles. The highest BCUT2D eigenvalue weighted by Crippen LogP contribution is 2.34. The molecule has 23 heavy (non-hydrogen) atoms. The van der Waals surface area contributed by atoms with E-state index in [-0.39, 0.29) is 0 Å². The smallest absolute Gasteiger partial charge is 0.187 e. The van der Waals surface area contributed by atoms with Crippen molar-refractivity contribution in [3.05, 3.63) is 11.6 Å². The zero-order valence-corrected chi connectivity index (χ0v) is 13.8. The first-order valence-corrected chi connectivity index (χ1v) is 8.06. The number of allylic oxidation sites excluding steroid dienone is 1. The van der Waals surface area contributed by atoms with Crippen molar-refractivity contribution < 1.29 is 35.0 Å². The first-order chi connectivity index (χ1) is 10.7. The second-order valence-corrected chi connectivity index (χ2v) is 7.01. The maximum absolute atomic E-state index is 10.5. The molecule has 0 spiro atoms. The lowest BCUT2D eigenvalue weighted by Crippen LogP contribution is -2.60. The van der Waals surface area contributed by atoms with Gasteiger partial charge in [0.2, 0.25) is 0 Å². The topological polar surface area (TPSA) is 120 Å². The highest BCUT2D eigenvalue weighted by Gasteiger charge is 2.47. The van der Waals surface area contributed by atoms with Gasteiger partial charge in [0.05, 0.1) is 12.2 Å². The van der Waals surface area contributed by atoms with Crippen LogP contribution in [-0.2, 0) is 9.47 Å². The zero-order chi connectivity index (χ0) is 17.4. The fraction of sp³-hybridized carbons (Fsp3) is 0.875. The van der Waals surface area contributed by atoms with Gasteiger partial charge in [0, 0.05) is 0 Å². The molecule has 0 bridgehead atoms. The summed E-state index contributed by atoms with van der Waals surface area (Å²) < 4.78 is 11.1. The molecule has 0 radical (unpaired) electrons. The van der Waals surface area contributed by atoms with E-state index >= 15 is 0 Å². The summed E-state index contributed by atoms with van der Waals surface area (Å²) in [5.41, 5.74) is 0.0168. The summed E-state index contributed by atoms with van der Waals surface area (Å²) in [7, 11) is 0. The van der Waals surface area contributed by atoms with Gasteiger partial charge >= 0.3 is 0 Å². The van der Waals surface area contributed by atoms with Crippen LogP contribution in [0.3, 0.4) is 0 Å². The standard InChI is InChI=1S/C16H28O7/c1-8(2)9-4-5-16(3,21)11(6-9)23-15-14(20)13(19)12(18)10(7-17)22-15/h6,8,10-15,17-21H,4-5,7H2,1-3H3/t10-,11-,12-,13-,14-,15+,16-/m1/s1. The molecule has 7 heteroatoms. The Labute approximate surface area is 136 Å². The van der Waals surface area contributed by atoms with E-state index in [1.165, 1.54) is 0 Å². The number of hydrogen-bond acceptors (Lipinski definition) is 7. The van der Waals surface area contributed by atoms with E-state index in [1.54, 1.807) is 6.92 Å². The SMILES string of the molecule is CC(C)C1=C[C@@H](O[C@@H]2O[C@H](CO)[C@@H](O)[C@@H](O)[C@H]2O)[C@](C)(O)CC1. The fourth-order valence-electron chi connectivity index (χ4n) is 2.99. The van der Waals surface area contributed by atoms with Crippen molar-refractivity contribution in [1.82, 2.24) is 0 Å². The Kier molecular flexibility index (Phi) is 5.84. The molecule has 2 rings (SSSR count). The number of ether oxygens (including phenoxy) is 2. The van der Waals surface area contributed by atoms with Crippen molar-refractivity contribution in [1.29, 1.82) is 0 Å². The molecule has 0 aromatic heterocycles. The maximum atomic E-state index is 10.5. The highest BCUT2D eigenvalue weighted by atomic mass is 16.7. The Bertz CT molecular complexity index is 432. The van der Waals surface area contributed by atoms with Gasteiger partial charge in [0.1, 0.15) is 30.5 Å². The lowest BCUT2D eigenvalue weighted by molar-refractivity contribution is -0.318. The summed E-state index contributed by atoms with van der Waals surface area (Å²) in [6.07, 6.45) is -4.27. The van der Waals surface area contributed by atoms with Crippen LogP contribution in [-0.4, -0.2) is 74.6 Å². The van der Waals surface area contributed by atoms with Crippen LogP contribution in [0.25, 0.3) is 0 Å². The Morgan fingerprint density at radius 3 is 2.48 bits per heavy atom. The predicted octanol–water partition coefficient (Wildman–Crippen LogP) is -0.701. The molecule has 1 saturated heterocycles. The molecule has 134 valence electrons. The van der Waals surface area contributed by atoms with E-state index < -0.39 is 49.0 Å². The Hall–Kier alpha value is -0.540. The van der Waals surface area contributed by atoms with E-state index in [2.05, 4.69) is 13.8 Å². The van der Waals surface area contributed by atoms with Crippen molar-refractivity contribution in [2.24, 2.45) is 5.92 Å². The second kappa shape index (κ2) is 7.14. The Balaban J connectivity index is 2.16. The molecule has 0 amide bonds. The van der Waals surface area contributed by atoms with Crippen LogP contribution in [0.2, 0.25) is 0 Å². The van der Waals surface area contributed by atoms with Crippen LogP contribution in [0, 0.1) is 5.92 Å². The molecule has 5 N–H and O–H groups in total. The van der Waals surface area contributed by atoms with Gasteiger partial charge in [-0.2, -0.15) is 0 Å². The molecule has 1 aliphatic heterocycles. The van der Waals surface area contributed by atoms with Gasteiger partial charge in [-0.15, -0.1) is 0 Å². The van der Waals surface area contributed by atoms with E-state index in [0.29, 0.717) is 12.3 Å². The third-order valence-electron chi connectivity index (χ3n) is 4.77. The van der Waals surface area contributed by atoms with Crippen LogP contribution in [0.5, 0.6) is 0 Å². The van der Waals surface area contributed by atoms with Crippen molar-refractivity contribution in [2.75, 3.05) is 6.61 Å². The molecule has 7 atom stereocenters. The van der Waals surface area contributed by atoms with Crippen molar-refractivity contribution >= 4 is 0 Å². The largest absolute Gasteiger partial charge is 0.394 e. The van der Waals surface area contributed by atoms with Gasteiger partial charge in [-0.25, -0.2) is 0 Å². The molecule has 0 saturated carbocycles. The molecular formula is C16H28O7. The summed E-state index contributed by atoms with van der Waals surface area (Å²) in [6, 6.07) is 0. The molecule has 2 aliphatic rings. The van der Waals surface area contributed by atoms with E-state index in [1.807, 2.05) is 6.08 Å². The summed E-state index contributed by atoms with van der Waals surface area (Å²) in [5.74, 6) is 0.312. The molecule has 7 nitrogen and oxygen atoms in total. The average molecular weight is 332 g/mol. The monoisotopic (exact) mass is 332 g/mol.